The summed E-state index contributed by atoms with van der Waals surface area (Å²) < 4.78 is 1.93. The van der Waals surface area contributed by atoms with E-state index in [0.29, 0.717) is 6.04 Å². The lowest BCUT2D eigenvalue weighted by molar-refractivity contribution is 0.251. The van der Waals surface area contributed by atoms with Crippen LogP contribution in [0.1, 0.15) is 51.0 Å². The highest BCUT2D eigenvalue weighted by Gasteiger charge is 2.28. The number of aromatic nitrogens is 2. The van der Waals surface area contributed by atoms with Crippen molar-refractivity contribution in [2.24, 2.45) is 12.5 Å². The van der Waals surface area contributed by atoms with E-state index in [4.69, 9.17) is 0 Å². The molecule has 2 atom stereocenters. The molecule has 2 rings (SSSR count). The van der Waals surface area contributed by atoms with Crippen LogP contribution in [0.3, 0.4) is 0 Å². The summed E-state index contributed by atoms with van der Waals surface area (Å²) in [6.07, 6.45) is 1.85. The van der Waals surface area contributed by atoms with E-state index in [1.54, 1.807) is 0 Å². The maximum Gasteiger partial charge on any atom is 0.0547 e. The Hall–Kier alpha value is -1.61. The van der Waals surface area contributed by atoms with E-state index >= 15 is 0 Å². The van der Waals surface area contributed by atoms with Gasteiger partial charge in [-0.05, 0) is 24.0 Å². The zero-order valence-electron chi connectivity index (χ0n) is 13.1. The second kappa shape index (κ2) is 5.80. The van der Waals surface area contributed by atoms with Crippen molar-refractivity contribution in [2.45, 2.75) is 39.8 Å². The average molecular weight is 271 g/mol. The topological polar surface area (TPSA) is 29.9 Å². The van der Waals surface area contributed by atoms with Crippen molar-refractivity contribution in [3.8, 4) is 0 Å². The number of hydrogen-bond acceptors (Lipinski definition) is 2. The molecule has 1 heterocycles. The molecule has 108 valence electrons. The van der Waals surface area contributed by atoms with Crippen molar-refractivity contribution in [3.05, 3.63) is 53.9 Å². The summed E-state index contributed by atoms with van der Waals surface area (Å²) in [6, 6.07) is 13.3. The molecule has 1 aromatic carbocycles. The van der Waals surface area contributed by atoms with E-state index in [1.165, 1.54) is 11.3 Å². The summed E-state index contributed by atoms with van der Waals surface area (Å²) in [6.45, 7) is 9.01. The zero-order chi connectivity index (χ0) is 14.8. The van der Waals surface area contributed by atoms with Gasteiger partial charge in [-0.25, -0.2) is 0 Å². The van der Waals surface area contributed by atoms with Crippen LogP contribution in [0.2, 0.25) is 0 Å². The van der Waals surface area contributed by atoms with Crippen LogP contribution in [0, 0.1) is 5.41 Å². The minimum Gasteiger partial charge on any atom is -0.301 e. The van der Waals surface area contributed by atoms with Crippen molar-refractivity contribution < 1.29 is 0 Å². The van der Waals surface area contributed by atoms with Crippen LogP contribution < -0.4 is 5.32 Å². The van der Waals surface area contributed by atoms with Crippen LogP contribution in [-0.4, -0.2) is 9.78 Å². The molecule has 2 unspecified atom stereocenters. The number of rotatable bonds is 4. The van der Waals surface area contributed by atoms with Crippen LogP contribution in [-0.2, 0) is 7.05 Å². The van der Waals surface area contributed by atoms with Crippen molar-refractivity contribution in [1.82, 2.24) is 15.1 Å². The smallest absolute Gasteiger partial charge is 0.0547 e. The van der Waals surface area contributed by atoms with Crippen LogP contribution in [0.25, 0.3) is 0 Å². The van der Waals surface area contributed by atoms with Crippen LogP contribution in [0.5, 0.6) is 0 Å². The Balaban J connectivity index is 2.24. The first-order valence-electron chi connectivity index (χ1n) is 7.18. The van der Waals surface area contributed by atoms with Crippen LogP contribution in [0.15, 0.2) is 42.6 Å². The Bertz CT molecular complexity index is 537. The molecule has 0 fully saturated rings. The first-order chi connectivity index (χ1) is 9.39. The van der Waals surface area contributed by atoms with Gasteiger partial charge in [0, 0.05) is 25.3 Å². The molecule has 0 aliphatic carbocycles. The van der Waals surface area contributed by atoms with E-state index in [1.807, 2.05) is 17.9 Å². The lowest BCUT2D eigenvalue weighted by Gasteiger charge is -2.34. The van der Waals surface area contributed by atoms with E-state index in [2.05, 4.69) is 74.5 Å². The third kappa shape index (κ3) is 3.28. The SMILES string of the molecule is CC(NC(c1ccccc1)C(C)(C)C)c1ccnn1C. The first-order valence-corrected chi connectivity index (χ1v) is 7.18. The molecule has 0 spiro atoms. The van der Waals surface area contributed by atoms with E-state index in [9.17, 15) is 0 Å². The van der Waals surface area contributed by atoms with Crippen molar-refractivity contribution in [2.75, 3.05) is 0 Å². The number of nitrogens with zero attached hydrogens (tertiary/aromatic N) is 2. The fourth-order valence-electron chi connectivity index (χ4n) is 2.64. The summed E-state index contributed by atoms with van der Waals surface area (Å²) in [4.78, 5) is 0. The van der Waals surface area contributed by atoms with Crippen LogP contribution >= 0.6 is 0 Å². The van der Waals surface area contributed by atoms with Gasteiger partial charge < -0.3 is 5.32 Å². The van der Waals surface area contributed by atoms with Gasteiger partial charge in [-0.15, -0.1) is 0 Å². The monoisotopic (exact) mass is 271 g/mol. The highest BCUT2D eigenvalue weighted by atomic mass is 15.3. The van der Waals surface area contributed by atoms with E-state index in [-0.39, 0.29) is 11.5 Å². The van der Waals surface area contributed by atoms with Gasteiger partial charge in [-0.2, -0.15) is 5.10 Å². The Morgan fingerprint density at radius 1 is 1.10 bits per heavy atom. The largest absolute Gasteiger partial charge is 0.301 e. The Kier molecular flexibility index (Phi) is 4.29. The molecule has 3 heteroatoms. The standard InChI is InChI=1S/C17H25N3/c1-13(15-11-12-18-20(15)5)19-16(17(2,3)4)14-9-7-6-8-10-14/h6-13,16,19H,1-5H3. The summed E-state index contributed by atoms with van der Waals surface area (Å²) in [5, 5.41) is 8.01. The zero-order valence-corrected chi connectivity index (χ0v) is 13.1. The molecular formula is C17H25N3. The molecule has 1 N–H and O–H groups in total. The third-order valence-electron chi connectivity index (χ3n) is 3.72. The minimum absolute atomic E-state index is 0.147. The lowest BCUT2D eigenvalue weighted by Crippen LogP contribution is -2.34. The molecule has 2 aromatic rings. The fourth-order valence-corrected chi connectivity index (χ4v) is 2.64. The Morgan fingerprint density at radius 3 is 2.25 bits per heavy atom. The van der Waals surface area contributed by atoms with Gasteiger partial charge in [0.05, 0.1) is 5.69 Å². The molecule has 0 saturated carbocycles. The van der Waals surface area contributed by atoms with Crippen molar-refractivity contribution in [1.29, 1.82) is 0 Å². The van der Waals surface area contributed by atoms with Crippen molar-refractivity contribution >= 4 is 0 Å². The molecule has 0 bridgehead atoms. The van der Waals surface area contributed by atoms with Gasteiger partial charge in [0.1, 0.15) is 0 Å². The number of hydrogen-bond donors (Lipinski definition) is 1. The molecular weight excluding hydrogens is 246 g/mol. The first kappa shape index (κ1) is 14.8. The van der Waals surface area contributed by atoms with Crippen molar-refractivity contribution in [3.63, 3.8) is 0 Å². The summed E-state index contributed by atoms with van der Waals surface area (Å²) in [7, 11) is 1.99. The molecule has 0 amide bonds. The molecule has 0 saturated heterocycles. The van der Waals surface area contributed by atoms with Gasteiger partial charge in [0.15, 0.2) is 0 Å². The molecule has 20 heavy (non-hydrogen) atoms. The van der Waals surface area contributed by atoms with Gasteiger partial charge in [-0.1, -0.05) is 51.1 Å². The van der Waals surface area contributed by atoms with Gasteiger partial charge in [-0.3, -0.25) is 4.68 Å². The Morgan fingerprint density at radius 2 is 1.75 bits per heavy atom. The maximum absolute atomic E-state index is 4.26. The molecule has 0 aliphatic rings. The molecule has 3 nitrogen and oxygen atoms in total. The fraction of sp³-hybridized carbons (Fsp3) is 0.471. The average Bonchev–Trinajstić information content (AvgIpc) is 2.82. The second-order valence-corrected chi connectivity index (χ2v) is 6.48. The third-order valence-corrected chi connectivity index (χ3v) is 3.72. The predicted molar refractivity (Wildman–Crippen MR) is 83.4 cm³/mol. The quantitative estimate of drug-likeness (QED) is 0.915. The normalized spacial score (nSPS) is 15.1. The molecule has 0 radical (unpaired) electrons. The predicted octanol–water partition coefficient (Wildman–Crippen LogP) is 3.86. The summed E-state index contributed by atoms with van der Waals surface area (Å²) in [5.74, 6) is 0. The van der Waals surface area contributed by atoms with Crippen LogP contribution in [0.4, 0.5) is 0 Å². The number of aryl methyl sites for hydroxylation is 1. The Labute approximate surface area is 122 Å². The molecule has 1 aromatic heterocycles. The highest BCUT2D eigenvalue weighted by molar-refractivity contribution is 5.21. The number of benzene rings is 1. The second-order valence-electron chi connectivity index (χ2n) is 6.48. The summed E-state index contributed by atoms with van der Waals surface area (Å²) >= 11 is 0. The lowest BCUT2D eigenvalue weighted by atomic mass is 9.82. The van der Waals surface area contributed by atoms with E-state index in [0.717, 1.165) is 0 Å². The highest BCUT2D eigenvalue weighted by Crippen LogP contribution is 2.34. The minimum atomic E-state index is 0.147. The van der Waals surface area contributed by atoms with E-state index < -0.39 is 0 Å². The maximum atomic E-state index is 4.26. The summed E-state index contributed by atoms with van der Waals surface area (Å²) in [5.41, 5.74) is 2.68. The van der Waals surface area contributed by atoms with Gasteiger partial charge in [0.2, 0.25) is 0 Å². The van der Waals surface area contributed by atoms with Gasteiger partial charge in [0.25, 0.3) is 0 Å². The molecule has 0 aliphatic heterocycles. The number of nitrogens with one attached hydrogen (secondary N) is 1. The van der Waals surface area contributed by atoms with Gasteiger partial charge >= 0.3 is 0 Å².